The second-order valence-corrected chi connectivity index (χ2v) is 8.25. The summed E-state index contributed by atoms with van der Waals surface area (Å²) in [4.78, 5) is 33.0. The first-order chi connectivity index (χ1) is 15.0. The molecule has 0 radical (unpaired) electrons. The molecule has 4 N–H and O–H groups in total. The Morgan fingerprint density at radius 2 is 2.06 bits per heavy atom. The summed E-state index contributed by atoms with van der Waals surface area (Å²) in [5, 5.41) is 18.8. The van der Waals surface area contributed by atoms with Crippen molar-refractivity contribution in [3.63, 3.8) is 0 Å². The topological polar surface area (TPSA) is 116 Å². The summed E-state index contributed by atoms with van der Waals surface area (Å²) in [5.74, 6) is -0.347. The molecule has 3 rings (SSSR count). The van der Waals surface area contributed by atoms with Gasteiger partial charge in [-0.3, -0.25) is 9.59 Å². The van der Waals surface area contributed by atoms with E-state index in [9.17, 15) is 14.7 Å². The smallest absolute Gasteiger partial charge is 0.303 e. The number of unbranched alkanes of at least 4 members (excludes halogenated alkanes) is 1. The molecule has 1 unspecified atom stereocenters. The van der Waals surface area contributed by atoms with Crippen LogP contribution in [0.1, 0.15) is 52.5 Å². The number of aliphatic imine (C=N–C) groups is 1. The van der Waals surface area contributed by atoms with E-state index in [0.717, 1.165) is 24.8 Å². The second kappa shape index (κ2) is 11.3. The molecule has 0 fully saturated rings. The number of nitrogens with zero attached hydrogens (tertiary/aromatic N) is 2. The van der Waals surface area contributed by atoms with Crippen molar-refractivity contribution in [1.82, 2.24) is 15.6 Å². The van der Waals surface area contributed by atoms with Gasteiger partial charge in [-0.1, -0.05) is 48.1 Å². The highest BCUT2D eigenvalue weighted by atomic mass is 32.1. The van der Waals surface area contributed by atoms with E-state index in [4.69, 9.17) is 0 Å². The highest BCUT2D eigenvalue weighted by Crippen LogP contribution is 2.26. The Hall–Kier alpha value is -3.20. The largest absolute Gasteiger partial charge is 0.481 e. The van der Waals surface area contributed by atoms with Gasteiger partial charge in [0.2, 0.25) is 5.96 Å². The number of amides is 1. The first kappa shape index (κ1) is 22.5. The van der Waals surface area contributed by atoms with Crippen LogP contribution in [0.2, 0.25) is 0 Å². The van der Waals surface area contributed by atoms with Gasteiger partial charge in [-0.15, -0.1) is 0 Å². The molecule has 0 saturated heterocycles. The molecule has 31 heavy (non-hydrogen) atoms. The standard InChI is InChI=1S/C22H27N5O3S/c1-15-19(31-22(26-15)27-21-24-12-7-13-25-21)20(30)23-11-6-5-10-17(14-18(28)29)16-8-3-2-4-9-16/h2-4,7-9,12,17H,5-6,10-11,13-14H2,1H3,(H,23,30)(H,28,29)(H2,24,25,26,27). The Kier molecular flexibility index (Phi) is 8.17. The van der Waals surface area contributed by atoms with Crippen molar-refractivity contribution in [3.05, 3.63) is 58.7 Å². The maximum atomic E-state index is 12.5. The first-order valence-electron chi connectivity index (χ1n) is 10.3. The quantitative estimate of drug-likeness (QED) is 0.420. The molecule has 0 saturated carbocycles. The lowest BCUT2D eigenvalue weighted by molar-refractivity contribution is -0.137. The van der Waals surface area contributed by atoms with E-state index in [-0.39, 0.29) is 18.2 Å². The van der Waals surface area contributed by atoms with E-state index in [1.54, 1.807) is 0 Å². The van der Waals surface area contributed by atoms with Crippen molar-refractivity contribution in [2.75, 3.05) is 18.4 Å². The fraction of sp³-hybridized carbons (Fsp3) is 0.364. The molecule has 8 nitrogen and oxygen atoms in total. The lowest BCUT2D eigenvalue weighted by Gasteiger charge is -2.15. The molecule has 2 aromatic rings. The summed E-state index contributed by atoms with van der Waals surface area (Å²) in [6, 6.07) is 9.73. The molecule has 0 bridgehead atoms. The zero-order valence-electron chi connectivity index (χ0n) is 17.4. The Balaban J connectivity index is 1.44. The molecular formula is C22H27N5O3S. The summed E-state index contributed by atoms with van der Waals surface area (Å²) in [6.45, 7) is 2.94. The number of guanidine groups is 1. The van der Waals surface area contributed by atoms with E-state index in [1.165, 1.54) is 11.3 Å². The maximum Gasteiger partial charge on any atom is 0.303 e. The predicted molar refractivity (Wildman–Crippen MR) is 123 cm³/mol. The van der Waals surface area contributed by atoms with Gasteiger partial charge in [0.25, 0.3) is 5.91 Å². The van der Waals surface area contributed by atoms with E-state index in [0.29, 0.717) is 34.8 Å². The normalized spacial score (nSPS) is 13.8. The van der Waals surface area contributed by atoms with Gasteiger partial charge in [0.05, 0.1) is 18.7 Å². The van der Waals surface area contributed by atoms with Crippen molar-refractivity contribution in [1.29, 1.82) is 0 Å². The number of benzene rings is 1. The Morgan fingerprint density at radius 1 is 1.26 bits per heavy atom. The molecule has 2 heterocycles. The highest BCUT2D eigenvalue weighted by Gasteiger charge is 2.17. The van der Waals surface area contributed by atoms with E-state index in [2.05, 4.69) is 25.9 Å². The van der Waals surface area contributed by atoms with Crippen LogP contribution in [0.25, 0.3) is 0 Å². The molecule has 164 valence electrons. The summed E-state index contributed by atoms with van der Waals surface area (Å²) in [5.41, 5.74) is 1.71. The number of nitrogens with one attached hydrogen (secondary N) is 3. The van der Waals surface area contributed by atoms with Crippen molar-refractivity contribution in [2.24, 2.45) is 4.99 Å². The number of carbonyl (C=O) groups excluding carboxylic acids is 1. The molecule has 1 aliphatic rings. The molecule has 1 atom stereocenters. The number of carboxylic acid groups (broad SMARTS) is 1. The van der Waals surface area contributed by atoms with Crippen LogP contribution in [-0.2, 0) is 4.79 Å². The molecule has 9 heteroatoms. The second-order valence-electron chi connectivity index (χ2n) is 7.25. The molecule has 1 amide bonds. The minimum absolute atomic E-state index is 0.0158. The summed E-state index contributed by atoms with van der Waals surface area (Å²) < 4.78 is 0. The van der Waals surface area contributed by atoms with Crippen molar-refractivity contribution in [2.45, 2.75) is 38.5 Å². The number of aryl methyl sites for hydroxylation is 1. The number of anilines is 1. The Bertz CT molecular complexity index is 955. The number of aromatic nitrogens is 1. The van der Waals surface area contributed by atoms with Crippen LogP contribution in [0.4, 0.5) is 5.13 Å². The van der Waals surface area contributed by atoms with Gasteiger partial charge in [0, 0.05) is 12.7 Å². The lowest BCUT2D eigenvalue weighted by atomic mass is 9.90. The number of aliphatic carboxylic acids is 1. The third-order valence-corrected chi connectivity index (χ3v) is 5.95. The van der Waals surface area contributed by atoms with Crippen LogP contribution < -0.4 is 16.0 Å². The number of carbonyl (C=O) groups is 2. The summed E-state index contributed by atoms with van der Waals surface area (Å²) >= 11 is 1.29. The van der Waals surface area contributed by atoms with Gasteiger partial charge in [-0.25, -0.2) is 9.98 Å². The maximum absolute atomic E-state index is 12.5. The van der Waals surface area contributed by atoms with Crippen molar-refractivity contribution in [3.8, 4) is 0 Å². The zero-order chi connectivity index (χ0) is 22.1. The van der Waals surface area contributed by atoms with Crippen LogP contribution in [0, 0.1) is 6.92 Å². The number of rotatable bonds is 10. The van der Waals surface area contributed by atoms with Gasteiger partial charge in [0.15, 0.2) is 5.13 Å². The third kappa shape index (κ3) is 6.92. The van der Waals surface area contributed by atoms with E-state index < -0.39 is 5.97 Å². The van der Waals surface area contributed by atoms with Gasteiger partial charge in [-0.05, 0) is 37.3 Å². The first-order valence-corrected chi connectivity index (χ1v) is 11.1. The lowest BCUT2D eigenvalue weighted by Crippen LogP contribution is -2.28. The molecule has 0 spiro atoms. The summed E-state index contributed by atoms with van der Waals surface area (Å²) in [6.07, 6.45) is 6.21. The van der Waals surface area contributed by atoms with Crippen LogP contribution in [0.15, 0.2) is 47.6 Å². The van der Waals surface area contributed by atoms with Gasteiger partial charge in [0.1, 0.15) is 4.88 Å². The minimum Gasteiger partial charge on any atom is -0.481 e. The van der Waals surface area contributed by atoms with Gasteiger partial charge in [-0.2, -0.15) is 0 Å². The SMILES string of the molecule is Cc1nc(NC2=NCC=CN2)sc1C(=O)NCCCCC(CC(=O)O)c1ccccc1. The monoisotopic (exact) mass is 441 g/mol. The average molecular weight is 442 g/mol. The fourth-order valence-corrected chi connectivity index (χ4v) is 4.22. The molecular weight excluding hydrogens is 414 g/mol. The highest BCUT2D eigenvalue weighted by molar-refractivity contribution is 7.17. The third-order valence-electron chi connectivity index (χ3n) is 4.88. The summed E-state index contributed by atoms with van der Waals surface area (Å²) in [7, 11) is 0. The van der Waals surface area contributed by atoms with Crippen LogP contribution in [0.5, 0.6) is 0 Å². The number of hydrogen-bond acceptors (Lipinski definition) is 7. The van der Waals surface area contributed by atoms with Gasteiger partial charge < -0.3 is 21.1 Å². The van der Waals surface area contributed by atoms with Crippen LogP contribution >= 0.6 is 11.3 Å². The minimum atomic E-state index is -0.794. The van der Waals surface area contributed by atoms with Crippen LogP contribution in [0.3, 0.4) is 0 Å². The molecule has 1 aromatic heterocycles. The molecule has 1 aromatic carbocycles. The Labute approximate surface area is 185 Å². The Morgan fingerprint density at radius 3 is 2.77 bits per heavy atom. The van der Waals surface area contributed by atoms with Gasteiger partial charge >= 0.3 is 5.97 Å². The van der Waals surface area contributed by atoms with Crippen molar-refractivity contribution < 1.29 is 14.7 Å². The molecule has 0 aliphatic carbocycles. The fourth-order valence-electron chi connectivity index (χ4n) is 3.34. The predicted octanol–water partition coefficient (Wildman–Crippen LogP) is 3.49. The number of hydrogen-bond donors (Lipinski definition) is 4. The number of thiazole rings is 1. The zero-order valence-corrected chi connectivity index (χ0v) is 18.2. The van der Waals surface area contributed by atoms with E-state index in [1.807, 2.05) is 49.5 Å². The average Bonchev–Trinajstić information content (AvgIpc) is 3.13. The molecule has 1 aliphatic heterocycles. The van der Waals surface area contributed by atoms with E-state index >= 15 is 0 Å². The van der Waals surface area contributed by atoms with Crippen LogP contribution in [-0.4, -0.2) is 41.0 Å². The van der Waals surface area contributed by atoms with Crippen molar-refractivity contribution >= 4 is 34.3 Å². The number of carboxylic acids is 1.